The Hall–Kier alpha value is -0.830. The summed E-state index contributed by atoms with van der Waals surface area (Å²) in [6, 6.07) is 0. The quantitative estimate of drug-likeness (QED) is 0.572. The fourth-order valence-corrected chi connectivity index (χ4v) is 1.49. The SMILES string of the molecule is CN1CC=C(C2=NCCO2)CC1. The molecule has 0 unspecified atom stereocenters. The molecule has 0 aliphatic carbocycles. The van der Waals surface area contributed by atoms with E-state index in [0.717, 1.165) is 38.6 Å². The van der Waals surface area contributed by atoms with Crippen molar-refractivity contribution in [2.45, 2.75) is 6.42 Å². The van der Waals surface area contributed by atoms with Gasteiger partial charge in [0.15, 0.2) is 0 Å². The van der Waals surface area contributed by atoms with E-state index in [-0.39, 0.29) is 0 Å². The van der Waals surface area contributed by atoms with Gasteiger partial charge in [0, 0.05) is 18.7 Å². The van der Waals surface area contributed by atoms with Gasteiger partial charge in [-0.25, -0.2) is 4.99 Å². The van der Waals surface area contributed by atoms with Gasteiger partial charge in [-0.15, -0.1) is 0 Å². The molecule has 0 aromatic heterocycles. The second-order valence-electron chi connectivity index (χ2n) is 3.28. The zero-order chi connectivity index (χ0) is 8.39. The van der Waals surface area contributed by atoms with Crippen molar-refractivity contribution in [3.05, 3.63) is 11.6 Å². The van der Waals surface area contributed by atoms with Gasteiger partial charge >= 0.3 is 0 Å². The van der Waals surface area contributed by atoms with Crippen molar-refractivity contribution < 1.29 is 4.74 Å². The van der Waals surface area contributed by atoms with Gasteiger partial charge in [-0.2, -0.15) is 0 Å². The van der Waals surface area contributed by atoms with Crippen molar-refractivity contribution >= 4 is 5.90 Å². The van der Waals surface area contributed by atoms with E-state index in [1.54, 1.807) is 0 Å². The summed E-state index contributed by atoms with van der Waals surface area (Å²) in [5.41, 5.74) is 1.30. The molecule has 0 atom stereocenters. The zero-order valence-electron chi connectivity index (χ0n) is 7.42. The molecule has 0 aromatic rings. The maximum absolute atomic E-state index is 5.39. The Labute approximate surface area is 72.7 Å². The van der Waals surface area contributed by atoms with Gasteiger partial charge in [0.2, 0.25) is 5.90 Å². The van der Waals surface area contributed by atoms with Gasteiger partial charge in [0.1, 0.15) is 6.61 Å². The van der Waals surface area contributed by atoms with Gasteiger partial charge in [0.25, 0.3) is 0 Å². The van der Waals surface area contributed by atoms with Crippen LogP contribution in [0.3, 0.4) is 0 Å². The molecule has 0 spiro atoms. The second-order valence-corrected chi connectivity index (χ2v) is 3.28. The lowest BCUT2D eigenvalue weighted by Gasteiger charge is -2.21. The fourth-order valence-electron chi connectivity index (χ4n) is 1.49. The Bertz CT molecular complexity index is 233. The molecule has 2 aliphatic rings. The molecule has 2 aliphatic heterocycles. The monoisotopic (exact) mass is 166 g/mol. The minimum absolute atomic E-state index is 0.766. The highest BCUT2D eigenvalue weighted by atomic mass is 16.5. The topological polar surface area (TPSA) is 24.8 Å². The lowest BCUT2D eigenvalue weighted by Crippen LogP contribution is -2.26. The first-order chi connectivity index (χ1) is 5.86. The molecule has 66 valence electrons. The van der Waals surface area contributed by atoms with E-state index < -0.39 is 0 Å². The molecule has 0 N–H and O–H groups in total. The van der Waals surface area contributed by atoms with Crippen LogP contribution in [-0.4, -0.2) is 44.1 Å². The fraction of sp³-hybridized carbons (Fsp3) is 0.667. The highest BCUT2D eigenvalue weighted by molar-refractivity contribution is 5.94. The Morgan fingerprint density at radius 1 is 1.58 bits per heavy atom. The minimum Gasteiger partial charge on any atom is -0.476 e. The second kappa shape index (κ2) is 3.27. The molecule has 0 amide bonds. The average molecular weight is 166 g/mol. The summed E-state index contributed by atoms with van der Waals surface area (Å²) < 4.78 is 5.39. The largest absolute Gasteiger partial charge is 0.476 e. The highest BCUT2D eigenvalue weighted by Gasteiger charge is 2.16. The summed E-state index contributed by atoms with van der Waals surface area (Å²) in [6.07, 6.45) is 3.29. The van der Waals surface area contributed by atoms with Crippen molar-refractivity contribution in [1.82, 2.24) is 4.90 Å². The van der Waals surface area contributed by atoms with Crippen molar-refractivity contribution in [2.24, 2.45) is 4.99 Å². The van der Waals surface area contributed by atoms with Gasteiger partial charge < -0.3 is 9.64 Å². The molecule has 3 heteroatoms. The van der Waals surface area contributed by atoms with Gasteiger partial charge in [-0.3, -0.25) is 0 Å². The van der Waals surface area contributed by atoms with E-state index in [2.05, 4.69) is 23.0 Å². The molecule has 0 radical (unpaired) electrons. The number of nitrogens with zero attached hydrogens (tertiary/aromatic N) is 2. The summed E-state index contributed by atoms with van der Waals surface area (Å²) in [6.45, 7) is 3.75. The first kappa shape index (κ1) is 7.80. The first-order valence-corrected chi connectivity index (χ1v) is 4.41. The number of likely N-dealkylation sites (N-methyl/N-ethyl adjacent to an activating group) is 1. The van der Waals surface area contributed by atoms with Crippen LogP contribution in [0.1, 0.15) is 6.42 Å². The van der Waals surface area contributed by atoms with Crippen LogP contribution in [0, 0.1) is 0 Å². The molecule has 0 fully saturated rings. The molecule has 0 saturated heterocycles. The van der Waals surface area contributed by atoms with E-state index in [9.17, 15) is 0 Å². The smallest absolute Gasteiger partial charge is 0.211 e. The van der Waals surface area contributed by atoms with Crippen LogP contribution < -0.4 is 0 Å². The molecule has 2 heterocycles. The van der Waals surface area contributed by atoms with Crippen molar-refractivity contribution in [2.75, 3.05) is 33.3 Å². The lowest BCUT2D eigenvalue weighted by atomic mass is 10.1. The third-order valence-corrected chi connectivity index (χ3v) is 2.27. The van der Waals surface area contributed by atoms with E-state index in [0.29, 0.717) is 0 Å². The predicted octanol–water partition coefficient (Wildman–Crippen LogP) is 0.677. The summed E-state index contributed by atoms with van der Waals surface area (Å²) in [4.78, 5) is 6.58. The van der Waals surface area contributed by atoms with E-state index in [4.69, 9.17) is 4.74 Å². The summed E-state index contributed by atoms with van der Waals surface area (Å²) in [5, 5.41) is 0. The summed E-state index contributed by atoms with van der Waals surface area (Å²) in [5.74, 6) is 0.892. The molecule has 0 saturated carbocycles. The number of ether oxygens (including phenoxy) is 1. The molecule has 3 nitrogen and oxygen atoms in total. The molecule has 0 bridgehead atoms. The van der Waals surface area contributed by atoms with Gasteiger partial charge in [0.05, 0.1) is 6.54 Å². The maximum Gasteiger partial charge on any atom is 0.211 e. The minimum atomic E-state index is 0.766. The van der Waals surface area contributed by atoms with Crippen LogP contribution in [0.25, 0.3) is 0 Å². The van der Waals surface area contributed by atoms with Crippen LogP contribution in [0.4, 0.5) is 0 Å². The number of hydrogen-bond acceptors (Lipinski definition) is 3. The Balaban J connectivity index is 2.04. The lowest BCUT2D eigenvalue weighted by molar-refractivity contribution is 0.333. The predicted molar refractivity (Wildman–Crippen MR) is 48.5 cm³/mol. The number of rotatable bonds is 1. The number of hydrogen-bond donors (Lipinski definition) is 0. The van der Waals surface area contributed by atoms with E-state index in [1.165, 1.54) is 5.57 Å². The van der Waals surface area contributed by atoms with Crippen LogP contribution in [0.5, 0.6) is 0 Å². The van der Waals surface area contributed by atoms with Crippen molar-refractivity contribution in [3.63, 3.8) is 0 Å². The van der Waals surface area contributed by atoms with E-state index in [1.807, 2.05) is 0 Å². The van der Waals surface area contributed by atoms with Crippen LogP contribution >= 0.6 is 0 Å². The zero-order valence-corrected chi connectivity index (χ0v) is 7.42. The van der Waals surface area contributed by atoms with Crippen molar-refractivity contribution in [1.29, 1.82) is 0 Å². The Morgan fingerprint density at radius 3 is 3.08 bits per heavy atom. The first-order valence-electron chi connectivity index (χ1n) is 4.41. The average Bonchev–Trinajstić information content (AvgIpc) is 2.58. The van der Waals surface area contributed by atoms with Crippen LogP contribution in [0.2, 0.25) is 0 Å². The summed E-state index contributed by atoms with van der Waals surface area (Å²) in [7, 11) is 2.13. The highest BCUT2D eigenvalue weighted by Crippen LogP contribution is 2.14. The molecule has 12 heavy (non-hydrogen) atoms. The Morgan fingerprint density at radius 2 is 2.50 bits per heavy atom. The maximum atomic E-state index is 5.39. The standard InChI is InChI=1S/C9H14N2O/c1-11-5-2-8(3-6-11)9-10-4-7-12-9/h2H,3-7H2,1H3. The van der Waals surface area contributed by atoms with Gasteiger partial charge in [-0.1, -0.05) is 6.08 Å². The Kier molecular flexibility index (Phi) is 2.13. The third kappa shape index (κ3) is 1.50. The van der Waals surface area contributed by atoms with Crippen molar-refractivity contribution in [3.8, 4) is 0 Å². The van der Waals surface area contributed by atoms with Crippen LogP contribution in [0.15, 0.2) is 16.6 Å². The third-order valence-electron chi connectivity index (χ3n) is 2.27. The molecule has 0 aromatic carbocycles. The van der Waals surface area contributed by atoms with E-state index >= 15 is 0 Å². The summed E-state index contributed by atoms with van der Waals surface area (Å²) >= 11 is 0. The number of aliphatic imine (C=N–C) groups is 1. The normalized spacial score (nSPS) is 24.8. The molecular formula is C9H14N2O. The molecule has 2 rings (SSSR count). The molecular weight excluding hydrogens is 152 g/mol. The van der Waals surface area contributed by atoms with Gasteiger partial charge in [-0.05, 0) is 13.5 Å². The van der Waals surface area contributed by atoms with Crippen LogP contribution in [-0.2, 0) is 4.74 Å².